The van der Waals surface area contributed by atoms with Gasteiger partial charge >= 0.3 is 0 Å². The molecule has 0 spiro atoms. The van der Waals surface area contributed by atoms with E-state index in [2.05, 4.69) is 112 Å². The van der Waals surface area contributed by atoms with Gasteiger partial charge in [-0.15, -0.1) is 0 Å². The van der Waals surface area contributed by atoms with E-state index in [-0.39, 0.29) is 5.41 Å². The summed E-state index contributed by atoms with van der Waals surface area (Å²) < 4.78 is 0. The quantitative estimate of drug-likeness (QED) is 0.495. The second-order valence-corrected chi connectivity index (χ2v) is 7.29. The van der Waals surface area contributed by atoms with Crippen molar-refractivity contribution in [3.63, 3.8) is 0 Å². The minimum Gasteiger partial charge on any atom is -0.0761 e. The van der Waals surface area contributed by atoms with Crippen molar-refractivity contribution in [2.75, 3.05) is 0 Å². The molecule has 0 bridgehead atoms. The first-order valence-corrected chi connectivity index (χ1v) is 9.23. The van der Waals surface area contributed by atoms with Crippen LogP contribution in [0.15, 0.2) is 102 Å². The lowest BCUT2D eigenvalue weighted by molar-refractivity contribution is 0.759. The van der Waals surface area contributed by atoms with Crippen LogP contribution in [0.2, 0.25) is 0 Å². The lowest BCUT2D eigenvalue weighted by atomic mass is 9.66. The smallest absolute Gasteiger partial charge is 0.0710 e. The van der Waals surface area contributed by atoms with Gasteiger partial charge in [-0.25, -0.2) is 0 Å². The summed E-state index contributed by atoms with van der Waals surface area (Å²) in [4.78, 5) is 0. The highest BCUT2D eigenvalue weighted by Gasteiger charge is 2.45. The fourth-order valence-electron chi connectivity index (χ4n) is 4.38. The highest BCUT2D eigenvalue weighted by atomic mass is 14.5. The van der Waals surface area contributed by atoms with Crippen LogP contribution in [0.25, 0.3) is 5.57 Å². The molecular formula is C26H24. The second kappa shape index (κ2) is 6.46. The predicted molar refractivity (Wildman–Crippen MR) is 111 cm³/mol. The minimum absolute atomic E-state index is 0.263. The summed E-state index contributed by atoms with van der Waals surface area (Å²) in [6.07, 6.45) is 2.37. The van der Waals surface area contributed by atoms with E-state index in [0.29, 0.717) is 0 Å². The monoisotopic (exact) mass is 336 g/mol. The average molecular weight is 336 g/mol. The molecule has 0 fully saturated rings. The molecule has 0 unspecified atom stereocenters. The first kappa shape index (κ1) is 16.6. The number of hydrogen-bond acceptors (Lipinski definition) is 0. The largest absolute Gasteiger partial charge is 0.0761 e. The molecule has 3 aromatic rings. The number of benzene rings is 3. The van der Waals surface area contributed by atoms with Gasteiger partial charge in [-0.3, -0.25) is 0 Å². The van der Waals surface area contributed by atoms with Crippen LogP contribution in [-0.2, 0) is 5.41 Å². The van der Waals surface area contributed by atoms with E-state index in [1.54, 1.807) is 0 Å². The van der Waals surface area contributed by atoms with Crippen molar-refractivity contribution in [3.8, 4) is 0 Å². The Hall–Kier alpha value is -2.86. The van der Waals surface area contributed by atoms with Gasteiger partial charge in [0, 0.05) is 0 Å². The summed E-state index contributed by atoms with van der Waals surface area (Å²) in [5.41, 5.74) is 9.19. The molecule has 0 saturated carbocycles. The van der Waals surface area contributed by atoms with Gasteiger partial charge in [-0.1, -0.05) is 96.6 Å². The van der Waals surface area contributed by atoms with Crippen molar-refractivity contribution in [1.29, 1.82) is 0 Å². The standard InChI is InChI=1S/C26H24/c1-19(2)18-25-20(3)23-16-10-11-17-24(23)26(25,21-12-6-4-7-13-21)22-14-8-5-9-15-22/h4-18H,1-3H3. The molecule has 0 N–H and O–H groups in total. The highest BCUT2D eigenvalue weighted by molar-refractivity contribution is 5.86. The maximum Gasteiger partial charge on any atom is 0.0710 e. The van der Waals surface area contributed by atoms with Crippen LogP contribution >= 0.6 is 0 Å². The molecule has 0 radical (unpaired) electrons. The number of rotatable bonds is 3. The average Bonchev–Trinajstić information content (AvgIpc) is 2.92. The molecule has 0 amide bonds. The summed E-state index contributed by atoms with van der Waals surface area (Å²) in [5, 5.41) is 0. The van der Waals surface area contributed by atoms with Crippen molar-refractivity contribution < 1.29 is 0 Å². The maximum atomic E-state index is 2.37. The van der Waals surface area contributed by atoms with Crippen LogP contribution in [0.4, 0.5) is 0 Å². The maximum absolute atomic E-state index is 2.37. The Labute approximate surface area is 156 Å². The molecule has 26 heavy (non-hydrogen) atoms. The van der Waals surface area contributed by atoms with E-state index in [1.807, 2.05) is 0 Å². The second-order valence-electron chi connectivity index (χ2n) is 7.29. The molecule has 0 aromatic heterocycles. The van der Waals surface area contributed by atoms with Crippen molar-refractivity contribution in [1.82, 2.24) is 0 Å². The van der Waals surface area contributed by atoms with Crippen molar-refractivity contribution in [2.45, 2.75) is 26.2 Å². The Kier molecular flexibility index (Phi) is 4.12. The molecule has 0 atom stereocenters. The Morgan fingerprint density at radius 2 is 1.19 bits per heavy atom. The zero-order valence-electron chi connectivity index (χ0n) is 15.7. The van der Waals surface area contributed by atoms with Crippen LogP contribution in [-0.4, -0.2) is 0 Å². The fourth-order valence-corrected chi connectivity index (χ4v) is 4.38. The van der Waals surface area contributed by atoms with Gasteiger partial charge in [0.2, 0.25) is 0 Å². The molecule has 128 valence electrons. The van der Waals surface area contributed by atoms with Gasteiger partial charge in [-0.05, 0) is 54.2 Å². The third-order valence-electron chi connectivity index (χ3n) is 5.39. The molecular weight excluding hydrogens is 312 g/mol. The Morgan fingerprint density at radius 3 is 1.73 bits per heavy atom. The third-order valence-corrected chi connectivity index (χ3v) is 5.39. The molecule has 1 aliphatic carbocycles. The molecule has 4 rings (SSSR count). The van der Waals surface area contributed by atoms with Gasteiger partial charge in [0.1, 0.15) is 0 Å². The van der Waals surface area contributed by atoms with Crippen LogP contribution in [0.3, 0.4) is 0 Å². The molecule has 0 nitrogen and oxygen atoms in total. The van der Waals surface area contributed by atoms with E-state index in [9.17, 15) is 0 Å². The Morgan fingerprint density at radius 1 is 0.692 bits per heavy atom. The van der Waals surface area contributed by atoms with E-state index < -0.39 is 0 Å². The van der Waals surface area contributed by atoms with Gasteiger partial charge in [0.25, 0.3) is 0 Å². The van der Waals surface area contributed by atoms with Gasteiger partial charge < -0.3 is 0 Å². The van der Waals surface area contributed by atoms with E-state index >= 15 is 0 Å². The van der Waals surface area contributed by atoms with Crippen LogP contribution in [0, 0.1) is 0 Å². The minimum atomic E-state index is -0.263. The van der Waals surface area contributed by atoms with Gasteiger partial charge in [0.05, 0.1) is 5.41 Å². The van der Waals surface area contributed by atoms with Crippen LogP contribution < -0.4 is 0 Å². The van der Waals surface area contributed by atoms with Crippen molar-refractivity contribution in [2.24, 2.45) is 0 Å². The fraction of sp³-hybridized carbons (Fsp3) is 0.154. The normalized spacial score (nSPS) is 14.9. The molecule has 0 aliphatic heterocycles. The molecule has 1 aliphatic rings. The zero-order valence-corrected chi connectivity index (χ0v) is 15.7. The zero-order chi connectivity index (χ0) is 18.1. The third kappa shape index (κ3) is 2.37. The highest BCUT2D eigenvalue weighted by Crippen LogP contribution is 2.54. The molecule has 3 aromatic carbocycles. The number of hydrogen-bond donors (Lipinski definition) is 0. The summed E-state index contributed by atoms with van der Waals surface area (Å²) in [6.45, 7) is 6.63. The summed E-state index contributed by atoms with van der Waals surface area (Å²) in [7, 11) is 0. The number of allylic oxidation sites excluding steroid dienone is 4. The first-order chi connectivity index (χ1) is 12.7. The summed E-state index contributed by atoms with van der Waals surface area (Å²) >= 11 is 0. The van der Waals surface area contributed by atoms with E-state index in [0.717, 1.165) is 0 Å². The molecule has 0 heterocycles. The lowest BCUT2D eigenvalue weighted by Gasteiger charge is -2.35. The SMILES string of the molecule is CC(C)=CC1=C(C)c2ccccc2C1(c1ccccc1)c1ccccc1. The first-order valence-electron chi connectivity index (χ1n) is 9.23. The van der Waals surface area contributed by atoms with Gasteiger partial charge in [-0.2, -0.15) is 0 Å². The van der Waals surface area contributed by atoms with Crippen LogP contribution in [0.5, 0.6) is 0 Å². The molecule has 0 saturated heterocycles. The topological polar surface area (TPSA) is 0 Å². The van der Waals surface area contributed by atoms with E-state index in [1.165, 1.54) is 39.0 Å². The summed E-state index contributed by atoms with van der Waals surface area (Å²) in [6, 6.07) is 30.7. The lowest BCUT2D eigenvalue weighted by Crippen LogP contribution is -2.29. The summed E-state index contributed by atoms with van der Waals surface area (Å²) in [5.74, 6) is 0. The predicted octanol–water partition coefficient (Wildman–Crippen LogP) is 6.77. The Bertz CT molecular complexity index is 945. The molecule has 0 heteroatoms. The Balaban J connectivity index is 2.18. The number of fused-ring (bicyclic) bond motifs is 1. The van der Waals surface area contributed by atoms with Crippen molar-refractivity contribution in [3.05, 3.63) is 124 Å². The van der Waals surface area contributed by atoms with E-state index in [4.69, 9.17) is 0 Å². The van der Waals surface area contributed by atoms with Gasteiger partial charge in [0.15, 0.2) is 0 Å². The van der Waals surface area contributed by atoms with Crippen molar-refractivity contribution >= 4 is 5.57 Å². The van der Waals surface area contributed by atoms with Crippen LogP contribution in [0.1, 0.15) is 43.0 Å².